The van der Waals surface area contributed by atoms with Crippen molar-refractivity contribution in [1.82, 2.24) is 9.88 Å². The normalized spacial score (nSPS) is 15.9. The predicted molar refractivity (Wildman–Crippen MR) is 78.3 cm³/mol. The summed E-state index contributed by atoms with van der Waals surface area (Å²) in [7, 11) is 1.79. The van der Waals surface area contributed by atoms with Crippen LogP contribution in [-0.4, -0.2) is 49.0 Å². The first-order chi connectivity index (χ1) is 9.02. The molecule has 7 heteroatoms. The van der Waals surface area contributed by atoms with E-state index in [0.29, 0.717) is 34.8 Å². The number of hydrogen-bond acceptors (Lipinski definition) is 4. The third-order valence-corrected chi connectivity index (χ3v) is 3.58. The van der Waals surface area contributed by atoms with Gasteiger partial charge in [0, 0.05) is 26.7 Å². The summed E-state index contributed by atoms with van der Waals surface area (Å²) < 4.78 is 0. The number of halogens is 2. The lowest BCUT2D eigenvalue weighted by molar-refractivity contribution is -0.129. The van der Waals surface area contributed by atoms with Crippen LogP contribution in [0.25, 0.3) is 0 Å². The maximum atomic E-state index is 11.7. The van der Waals surface area contributed by atoms with E-state index < -0.39 is 0 Å². The Morgan fingerprint density at radius 3 is 2.74 bits per heavy atom. The van der Waals surface area contributed by atoms with Crippen LogP contribution >= 0.6 is 23.2 Å². The standard InChI is InChI=1S/C12H16Cl2N4O/c1-3-15-11-8(13)6-9(14)12(16-11)18-5-4-17(2)10(19)7-18/h6H,3-5,7H2,1-2H3,(H,15,16). The van der Waals surface area contributed by atoms with Gasteiger partial charge in [0.2, 0.25) is 5.91 Å². The van der Waals surface area contributed by atoms with Crippen LogP contribution in [0.4, 0.5) is 11.6 Å². The number of anilines is 2. The molecule has 104 valence electrons. The molecular formula is C12H16Cl2N4O. The van der Waals surface area contributed by atoms with Gasteiger partial charge in [-0.1, -0.05) is 23.2 Å². The summed E-state index contributed by atoms with van der Waals surface area (Å²) in [5.74, 6) is 1.25. The molecule has 1 aromatic heterocycles. The van der Waals surface area contributed by atoms with Crippen LogP contribution in [0.1, 0.15) is 6.92 Å². The van der Waals surface area contributed by atoms with Gasteiger partial charge in [0.25, 0.3) is 0 Å². The number of pyridine rings is 1. The van der Waals surface area contributed by atoms with Gasteiger partial charge in [0.1, 0.15) is 11.6 Å². The van der Waals surface area contributed by atoms with Gasteiger partial charge in [-0.3, -0.25) is 4.79 Å². The number of nitrogens with zero attached hydrogens (tertiary/aromatic N) is 3. The van der Waals surface area contributed by atoms with Crippen molar-refractivity contribution in [2.45, 2.75) is 6.92 Å². The molecule has 0 aliphatic carbocycles. The predicted octanol–water partition coefficient (Wildman–Crippen LogP) is 2.10. The van der Waals surface area contributed by atoms with E-state index in [2.05, 4.69) is 10.3 Å². The molecule has 1 amide bonds. The zero-order valence-electron chi connectivity index (χ0n) is 10.9. The number of rotatable bonds is 3. The maximum Gasteiger partial charge on any atom is 0.241 e. The van der Waals surface area contributed by atoms with Crippen LogP contribution in [0.15, 0.2) is 6.07 Å². The quantitative estimate of drug-likeness (QED) is 0.929. The molecule has 0 radical (unpaired) electrons. The first-order valence-electron chi connectivity index (χ1n) is 6.11. The van der Waals surface area contributed by atoms with Gasteiger partial charge in [-0.2, -0.15) is 0 Å². The number of aromatic nitrogens is 1. The minimum Gasteiger partial charge on any atom is -0.369 e. The second-order valence-electron chi connectivity index (χ2n) is 4.39. The molecule has 0 bridgehead atoms. The van der Waals surface area contributed by atoms with Gasteiger partial charge in [-0.05, 0) is 13.0 Å². The summed E-state index contributed by atoms with van der Waals surface area (Å²) in [6.45, 7) is 4.34. The third-order valence-electron chi connectivity index (χ3n) is 3.01. The number of carbonyl (C=O) groups excluding carboxylic acids is 1. The van der Waals surface area contributed by atoms with Crippen LogP contribution < -0.4 is 10.2 Å². The number of likely N-dealkylation sites (N-methyl/N-ethyl adjacent to an activating group) is 1. The highest BCUT2D eigenvalue weighted by Gasteiger charge is 2.24. The summed E-state index contributed by atoms with van der Waals surface area (Å²) in [6, 6.07) is 1.66. The molecule has 5 nitrogen and oxygen atoms in total. The van der Waals surface area contributed by atoms with Crippen LogP contribution in [0.2, 0.25) is 10.0 Å². The molecule has 1 fully saturated rings. The second-order valence-corrected chi connectivity index (χ2v) is 5.21. The van der Waals surface area contributed by atoms with Crippen molar-refractivity contribution in [3.05, 3.63) is 16.1 Å². The monoisotopic (exact) mass is 302 g/mol. The highest BCUT2D eigenvalue weighted by atomic mass is 35.5. The Bertz CT molecular complexity index is 495. The molecule has 1 N–H and O–H groups in total. The average molecular weight is 303 g/mol. The van der Waals surface area contributed by atoms with Crippen molar-refractivity contribution >= 4 is 40.7 Å². The lowest BCUT2D eigenvalue weighted by Gasteiger charge is -2.33. The van der Waals surface area contributed by atoms with Crippen LogP contribution in [-0.2, 0) is 4.79 Å². The summed E-state index contributed by atoms with van der Waals surface area (Å²) in [6.07, 6.45) is 0. The first kappa shape index (κ1) is 14.2. The molecule has 19 heavy (non-hydrogen) atoms. The highest BCUT2D eigenvalue weighted by molar-refractivity contribution is 6.37. The Kier molecular flexibility index (Phi) is 4.37. The lowest BCUT2D eigenvalue weighted by atomic mass is 10.3. The molecule has 2 heterocycles. The summed E-state index contributed by atoms with van der Waals surface area (Å²) in [5, 5.41) is 4.02. The average Bonchev–Trinajstić information content (AvgIpc) is 2.36. The Morgan fingerprint density at radius 1 is 1.37 bits per heavy atom. The molecule has 0 saturated carbocycles. The summed E-state index contributed by atoms with van der Waals surface area (Å²) in [5.41, 5.74) is 0. The molecule has 2 rings (SSSR count). The third kappa shape index (κ3) is 3.04. The molecule has 1 aromatic rings. The number of hydrogen-bond donors (Lipinski definition) is 1. The molecule has 0 spiro atoms. The Balaban J connectivity index is 2.28. The highest BCUT2D eigenvalue weighted by Crippen LogP contribution is 2.31. The van der Waals surface area contributed by atoms with Gasteiger partial charge in [-0.25, -0.2) is 4.98 Å². The summed E-state index contributed by atoms with van der Waals surface area (Å²) >= 11 is 12.2. The van der Waals surface area contributed by atoms with Gasteiger partial charge in [0.15, 0.2) is 0 Å². The van der Waals surface area contributed by atoms with Gasteiger partial charge >= 0.3 is 0 Å². The zero-order chi connectivity index (χ0) is 14.0. The number of carbonyl (C=O) groups is 1. The van der Waals surface area contributed by atoms with E-state index in [0.717, 1.165) is 6.54 Å². The molecular weight excluding hydrogens is 287 g/mol. The Labute approximate surface area is 122 Å². The minimum absolute atomic E-state index is 0.0593. The van der Waals surface area contributed by atoms with Crippen molar-refractivity contribution in [2.75, 3.05) is 43.4 Å². The molecule has 0 aromatic carbocycles. The van der Waals surface area contributed by atoms with E-state index >= 15 is 0 Å². The van der Waals surface area contributed by atoms with Gasteiger partial charge < -0.3 is 15.1 Å². The van der Waals surface area contributed by atoms with Crippen molar-refractivity contribution in [2.24, 2.45) is 0 Å². The molecule has 0 unspecified atom stereocenters. The SMILES string of the molecule is CCNc1nc(N2CCN(C)C(=O)C2)c(Cl)cc1Cl. The van der Waals surface area contributed by atoms with Crippen molar-refractivity contribution in [3.63, 3.8) is 0 Å². The van der Waals surface area contributed by atoms with Gasteiger partial charge in [0.05, 0.1) is 16.6 Å². The smallest absolute Gasteiger partial charge is 0.241 e. The lowest BCUT2D eigenvalue weighted by Crippen LogP contribution is -2.49. The fraction of sp³-hybridized carbons (Fsp3) is 0.500. The van der Waals surface area contributed by atoms with E-state index in [1.165, 1.54) is 0 Å². The zero-order valence-corrected chi connectivity index (χ0v) is 12.4. The van der Waals surface area contributed by atoms with E-state index in [1.807, 2.05) is 11.8 Å². The fourth-order valence-electron chi connectivity index (χ4n) is 1.91. The largest absolute Gasteiger partial charge is 0.369 e. The molecule has 1 saturated heterocycles. The number of piperazine rings is 1. The first-order valence-corrected chi connectivity index (χ1v) is 6.87. The Hall–Kier alpha value is -1.20. The Morgan fingerprint density at radius 2 is 2.11 bits per heavy atom. The van der Waals surface area contributed by atoms with E-state index in [1.54, 1.807) is 18.0 Å². The second kappa shape index (κ2) is 5.84. The number of amides is 1. The van der Waals surface area contributed by atoms with Crippen molar-refractivity contribution in [3.8, 4) is 0 Å². The molecule has 1 aliphatic heterocycles. The van der Waals surface area contributed by atoms with E-state index in [-0.39, 0.29) is 12.5 Å². The maximum absolute atomic E-state index is 11.7. The topological polar surface area (TPSA) is 48.5 Å². The van der Waals surface area contributed by atoms with Crippen molar-refractivity contribution in [1.29, 1.82) is 0 Å². The minimum atomic E-state index is 0.0593. The van der Waals surface area contributed by atoms with Crippen LogP contribution in [0.5, 0.6) is 0 Å². The molecule has 1 aliphatic rings. The van der Waals surface area contributed by atoms with E-state index in [9.17, 15) is 4.79 Å². The van der Waals surface area contributed by atoms with Crippen LogP contribution in [0.3, 0.4) is 0 Å². The number of nitrogens with one attached hydrogen (secondary N) is 1. The summed E-state index contributed by atoms with van der Waals surface area (Å²) in [4.78, 5) is 19.7. The van der Waals surface area contributed by atoms with E-state index in [4.69, 9.17) is 23.2 Å². The fourth-order valence-corrected chi connectivity index (χ4v) is 2.45. The molecule has 0 atom stereocenters. The van der Waals surface area contributed by atoms with Crippen LogP contribution in [0, 0.1) is 0 Å². The van der Waals surface area contributed by atoms with Gasteiger partial charge in [-0.15, -0.1) is 0 Å². The van der Waals surface area contributed by atoms with Crippen molar-refractivity contribution < 1.29 is 4.79 Å².